The molecule has 0 aliphatic carbocycles. The molecule has 0 aliphatic rings. The lowest BCUT2D eigenvalue weighted by Gasteiger charge is -1.84. The van der Waals surface area contributed by atoms with Crippen LogP contribution in [0.4, 0.5) is 0 Å². The first-order chi connectivity index (χ1) is 5.41. The monoisotopic (exact) mass is 217 g/mol. The fraction of sp³-hybridized carbons (Fsp3) is 0.500. The molecule has 5 N–H and O–H groups in total. The van der Waals surface area contributed by atoms with Gasteiger partial charge in [-0.2, -0.15) is 0 Å². The van der Waals surface area contributed by atoms with Crippen LogP contribution in [0.2, 0.25) is 0 Å². The second-order valence-corrected chi connectivity index (χ2v) is 2.61. The minimum absolute atomic E-state index is 0. The fourth-order valence-electron chi connectivity index (χ4n) is 0. The molecule has 0 aromatic heterocycles. The van der Waals surface area contributed by atoms with Crippen molar-refractivity contribution < 1.29 is 24.3 Å². The van der Waals surface area contributed by atoms with Crippen LogP contribution in [0.25, 0.3) is 0 Å². The standard InChI is InChI=1S/C2H4.CH5N.CH5O3P.CH2O2.CH4/c2*1-2;1-5(2,3)4;2-1-3;/h1-2H2;2H2,1H3;1H3,(H2,2,3,4);1H,(H,2,3);1H4. The van der Waals surface area contributed by atoms with Crippen LogP contribution in [0.5, 0.6) is 0 Å². The van der Waals surface area contributed by atoms with Gasteiger partial charge in [0.25, 0.3) is 6.47 Å². The summed E-state index contributed by atoms with van der Waals surface area (Å²) in [6.45, 7) is 6.60. The Balaban J connectivity index is -0.0000000235. The van der Waals surface area contributed by atoms with Crippen molar-refractivity contribution >= 4 is 14.1 Å². The first kappa shape index (κ1) is 29.5. The van der Waals surface area contributed by atoms with Crippen molar-refractivity contribution in [3.8, 4) is 0 Å². The molecule has 6 nitrogen and oxygen atoms in total. The SMILES string of the molecule is C.C=C.CN.CP(=O)(O)O.O=CO. The number of carbonyl (C=O) groups is 1. The maximum Gasteiger partial charge on any atom is 0.322 e. The van der Waals surface area contributed by atoms with Gasteiger partial charge in [0.15, 0.2) is 0 Å². The molecule has 0 atom stereocenters. The molecule has 13 heavy (non-hydrogen) atoms. The molecule has 84 valence electrons. The van der Waals surface area contributed by atoms with Gasteiger partial charge in [0.2, 0.25) is 0 Å². The third-order valence-electron chi connectivity index (χ3n) is 0. The highest BCUT2D eigenvalue weighted by atomic mass is 31.2. The lowest BCUT2D eigenvalue weighted by atomic mass is 11.3. The summed E-state index contributed by atoms with van der Waals surface area (Å²) in [5, 5.41) is 6.89. The number of nitrogens with two attached hydrogens (primary N) is 1. The minimum Gasteiger partial charge on any atom is -0.483 e. The summed E-state index contributed by atoms with van der Waals surface area (Å²) in [7, 11) is -2.14. The van der Waals surface area contributed by atoms with Gasteiger partial charge in [-0.15, -0.1) is 13.2 Å². The maximum absolute atomic E-state index is 9.33. The van der Waals surface area contributed by atoms with E-state index in [4.69, 9.17) is 19.7 Å². The van der Waals surface area contributed by atoms with E-state index in [1.54, 1.807) is 0 Å². The van der Waals surface area contributed by atoms with Crippen molar-refractivity contribution in [1.82, 2.24) is 0 Å². The van der Waals surface area contributed by atoms with Gasteiger partial charge in [-0.3, -0.25) is 9.36 Å². The third-order valence-corrected chi connectivity index (χ3v) is 0. The largest absolute Gasteiger partial charge is 0.483 e. The smallest absolute Gasteiger partial charge is 0.322 e. The van der Waals surface area contributed by atoms with Gasteiger partial charge < -0.3 is 20.6 Å². The van der Waals surface area contributed by atoms with E-state index >= 15 is 0 Å². The molecule has 0 heterocycles. The molecular weight excluding hydrogens is 197 g/mol. The molecule has 0 aliphatic heterocycles. The first-order valence-electron chi connectivity index (χ1n) is 2.60. The highest BCUT2D eigenvalue weighted by Crippen LogP contribution is 2.26. The molecule has 0 spiro atoms. The molecule has 0 unspecified atom stereocenters. The molecular formula is C6H20NO5P. The van der Waals surface area contributed by atoms with Crippen LogP contribution >= 0.6 is 7.60 Å². The van der Waals surface area contributed by atoms with E-state index in [1.165, 1.54) is 7.05 Å². The summed E-state index contributed by atoms with van der Waals surface area (Å²) in [4.78, 5) is 23.6. The Morgan fingerprint density at radius 3 is 1.31 bits per heavy atom. The zero-order valence-electron chi connectivity index (χ0n) is 7.17. The van der Waals surface area contributed by atoms with Crippen molar-refractivity contribution in [3.63, 3.8) is 0 Å². The third kappa shape index (κ3) is 2130. The van der Waals surface area contributed by atoms with E-state index in [0.29, 0.717) is 0 Å². The topological polar surface area (TPSA) is 121 Å². The van der Waals surface area contributed by atoms with Crippen LogP contribution in [0.3, 0.4) is 0 Å². The summed E-state index contributed by atoms with van der Waals surface area (Å²) in [6, 6.07) is 0. The van der Waals surface area contributed by atoms with Gasteiger partial charge in [-0.1, -0.05) is 7.43 Å². The van der Waals surface area contributed by atoms with Crippen LogP contribution < -0.4 is 5.73 Å². The zero-order valence-corrected chi connectivity index (χ0v) is 8.07. The van der Waals surface area contributed by atoms with Gasteiger partial charge in [0, 0.05) is 6.66 Å². The van der Waals surface area contributed by atoms with Gasteiger partial charge in [0.05, 0.1) is 0 Å². The predicted octanol–water partition coefficient (Wildman–Crippen LogP) is 0.508. The van der Waals surface area contributed by atoms with Gasteiger partial charge in [-0.05, 0) is 7.05 Å². The normalized spacial score (nSPS) is 6.23. The number of hydrogen-bond acceptors (Lipinski definition) is 3. The quantitative estimate of drug-likeness (QED) is 0.266. The van der Waals surface area contributed by atoms with Crippen LogP contribution in [-0.2, 0) is 9.36 Å². The van der Waals surface area contributed by atoms with Crippen LogP contribution in [-0.4, -0.2) is 35.1 Å². The highest BCUT2D eigenvalue weighted by molar-refractivity contribution is 7.50. The molecule has 0 amide bonds. The summed E-state index contributed by atoms with van der Waals surface area (Å²) in [5.74, 6) is 0. The minimum atomic E-state index is -3.64. The van der Waals surface area contributed by atoms with Crippen molar-refractivity contribution in [1.29, 1.82) is 0 Å². The maximum atomic E-state index is 9.33. The summed E-state index contributed by atoms with van der Waals surface area (Å²) in [5.41, 5.74) is 4.50. The molecule has 0 aromatic carbocycles. The van der Waals surface area contributed by atoms with Gasteiger partial charge >= 0.3 is 7.60 Å². The van der Waals surface area contributed by atoms with E-state index in [2.05, 4.69) is 18.9 Å². The van der Waals surface area contributed by atoms with E-state index in [-0.39, 0.29) is 13.9 Å². The molecule has 7 heteroatoms. The summed E-state index contributed by atoms with van der Waals surface area (Å²) in [6.07, 6.45) is 0. The van der Waals surface area contributed by atoms with Crippen molar-refractivity contribution in [2.45, 2.75) is 7.43 Å². The highest BCUT2D eigenvalue weighted by Gasteiger charge is 1.95. The second-order valence-electron chi connectivity index (χ2n) is 0.941. The Hall–Kier alpha value is -0.680. The van der Waals surface area contributed by atoms with E-state index in [0.717, 1.165) is 6.66 Å². The number of carboxylic acid groups (broad SMARTS) is 1. The average molecular weight is 217 g/mol. The van der Waals surface area contributed by atoms with Crippen LogP contribution in [0, 0.1) is 0 Å². The summed E-state index contributed by atoms with van der Waals surface area (Å²) >= 11 is 0. The number of hydrogen-bond donors (Lipinski definition) is 4. The molecule has 0 radical (unpaired) electrons. The Morgan fingerprint density at radius 2 is 1.31 bits per heavy atom. The van der Waals surface area contributed by atoms with Crippen LogP contribution in [0.15, 0.2) is 13.2 Å². The van der Waals surface area contributed by atoms with Gasteiger partial charge in [-0.25, -0.2) is 0 Å². The van der Waals surface area contributed by atoms with E-state index < -0.39 is 7.60 Å². The Bertz CT molecular complexity index is 105. The Labute approximate surface area is 79.2 Å². The first-order valence-corrected chi connectivity index (χ1v) is 4.66. The molecule has 0 rings (SSSR count). The van der Waals surface area contributed by atoms with Crippen molar-refractivity contribution in [2.24, 2.45) is 5.73 Å². The van der Waals surface area contributed by atoms with Crippen molar-refractivity contribution in [2.75, 3.05) is 13.7 Å². The Morgan fingerprint density at radius 1 is 1.31 bits per heavy atom. The van der Waals surface area contributed by atoms with E-state index in [1.807, 2.05) is 0 Å². The van der Waals surface area contributed by atoms with Gasteiger partial charge in [0.1, 0.15) is 0 Å². The fourth-order valence-corrected chi connectivity index (χ4v) is 0. The zero-order chi connectivity index (χ0) is 11.2. The Kier molecular flexibility index (Phi) is 68.4. The molecule has 0 fully saturated rings. The molecule has 0 saturated carbocycles. The molecule has 0 saturated heterocycles. The van der Waals surface area contributed by atoms with E-state index in [9.17, 15) is 4.57 Å². The number of rotatable bonds is 0. The van der Waals surface area contributed by atoms with Crippen LogP contribution in [0.1, 0.15) is 7.43 Å². The average Bonchev–Trinajstić information content (AvgIpc) is 1.93. The predicted molar refractivity (Wildman–Crippen MR) is 54.8 cm³/mol. The lowest BCUT2D eigenvalue weighted by Crippen LogP contribution is -1.69. The summed E-state index contributed by atoms with van der Waals surface area (Å²) < 4.78 is 9.33. The molecule has 0 aromatic rings. The van der Waals surface area contributed by atoms with Crippen molar-refractivity contribution in [3.05, 3.63) is 13.2 Å². The lowest BCUT2D eigenvalue weighted by molar-refractivity contribution is -0.122. The molecule has 0 bridgehead atoms. The second kappa shape index (κ2) is 30.2.